The highest BCUT2D eigenvalue weighted by atomic mass is 19.4. The van der Waals surface area contributed by atoms with Crippen LogP contribution in [0.25, 0.3) is 0 Å². The molecular weight excluding hydrogens is 231 g/mol. The minimum atomic E-state index is -4.31. The molecule has 2 N–H and O–H groups in total. The van der Waals surface area contributed by atoms with E-state index in [-0.39, 0.29) is 6.61 Å². The largest absolute Gasteiger partial charge is 0.416 e. The lowest BCUT2D eigenvalue weighted by molar-refractivity contribution is -0.137. The molecule has 0 aliphatic heterocycles. The molecule has 96 valence electrons. The molecule has 5 heteroatoms. The molecule has 0 spiro atoms. The zero-order chi connectivity index (χ0) is 13.3. The molecule has 0 atom stereocenters. The normalized spacial score (nSPS) is 12.9. The average molecular weight is 247 g/mol. The van der Waals surface area contributed by atoms with Crippen molar-refractivity contribution in [2.75, 3.05) is 6.61 Å². The van der Waals surface area contributed by atoms with Crippen LogP contribution in [0.4, 0.5) is 13.2 Å². The molecule has 1 aromatic carbocycles. The molecule has 0 bridgehead atoms. The zero-order valence-corrected chi connectivity index (χ0v) is 10.1. The Morgan fingerprint density at radius 1 is 1.24 bits per heavy atom. The van der Waals surface area contributed by atoms with Crippen molar-refractivity contribution in [1.29, 1.82) is 0 Å². The Kier molecular flexibility index (Phi) is 3.84. The van der Waals surface area contributed by atoms with Gasteiger partial charge in [0, 0.05) is 5.41 Å². The molecule has 0 unspecified atom stereocenters. The Balaban J connectivity index is 3.14. The van der Waals surface area contributed by atoms with Crippen molar-refractivity contribution in [1.82, 2.24) is 0 Å². The second kappa shape index (κ2) is 4.66. The van der Waals surface area contributed by atoms with Gasteiger partial charge in [-0.3, -0.25) is 0 Å². The van der Waals surface area contributed by atoms with Gasteiger partial charge in [-0.1, -0.05) is 19.9 Å². The van der Waals surface area contributed by atoms with E-state index >= 15 is 0 Å². The van der Waals surface area contributed by atoms with E-state index in [2.05, 4.69) is 4.84 Å². The summed E-state index contributed by atoms with van der Waals surface area (Å²) < 4.78 is 37.5. The summed E-state index contributed by atoms with van der Waals surface area (Å²) in [6, 6.07) is 3.71. The summed E-state index contributed by atoms with van der Waals surface area (Å²) in [6.45, 7) is 5.65. The topological polar surface area (TPSA) is 35.2 Å². The molecule has 0 heterocycles. The van der Waals surface area contributed by atoms with Gasteiger partial charge in [0.25, 0.3) is 0 Å². The van der Waals surface area contributed by atoms with E-state index in [1.54, 1.807) is 6.92 Å². The van der Waals surface area contributed by atoms with Gasteiger partial charge in [0.1, 0.15) is 0 Å². The van der Waals surface area contributed by atoms with E-state index in [0.29, 0.717) is 5.56 Å². The first-order valence-electron chi connectivity index (χ1n) is 5.18. The van der Waals surface area contributed by atoms with Crippen LogP contribution < -0.4 is 5.90 Å². The van der Waals surface area contributed by atoms with Crippen molar-refractivity contribution in [2.24, 2.45) is 5.90 Å². The quantitative estimate of drug-likeness (QED) is 0.832. The number of rotatable bonds is 3. The van der Waals surface area contributed by atoms with Crippen LogP contribution >= 0.6 is 0 Å². The molecule has 2 nitrogen and oxygen atoms in total. The highest BCUT2D eigenvalue weighted by Gasteiger charge is 2.32. The van der Waals surface area contributed by atoms with E-state index in [0.717, 1.165) is 17.7 Å². The molecule has 0 fully saturated rings. The molecule has 17 heavy (non-hydrogen) atoms. The van der Waals surface area contributed by atoms with Gasteiger partial charge >= 0.3 is 6.18 Å². The van der Waals surface area contributed by atoms with Gasteiger partial charge in [0.15, 0.2) is 0 Å². The molecule has 0 aromatic heterocycles. The average Bonchev–Trinajstić information content (AvgIpc) is 2.15. The predicted molar refractivity (Wildman–Crippen MR) is 59.3 cm³/mol. The maximum atomic E-state index is 12.5. The maximum Gasteiger partial charge on any atom is 0.416 e. The third-order valence-corrected chi connectivity index (χ3v) is 2.73. The minimum Gasteiger partial charge on any atom is -0.304 e. The van der Waals surface area contributed by atoms with Gasteiger partial charge in [0.2, 0.25) is 0 Å². The summed E-state index contributed by atoms with van der Waals surface area (Å²) in [7, 11) is 0. The van der Waals surface area contributed by atoms with E-state index in [1.165, 1.54) is 6.07 Å². The number of hydrogen-bond donors (Lipinski definition) is 1. The van der Waals surface area contributed by atoms with Crippen molar-refractivity contribution in [3.8, 4) is 0 Å². The molecule has 0 aliphatic rings. The van der Waals surface area contributed by atoms with E-state index < -0.39 is 17.2 Å². The molecule has 0 saturated carbocycles. The van der Waals surface area contributed by atoms with Crippen molar-refractivity contribution >= 4 is 0 Å². The van der Waals surface area contributed by atoms with Crippen LogP contribution in [0, 0.1) is 6.92 Å². The monoisotopic (exact) mass is 247 g/mol. The first-order chi connectivity index (χ1) is 7.68. The van der Waals surface area contributed by atoms with Crippen LogP contribution in [0.1, 0.15) is 30.5 Å². The van der Waals surface area contributed by atoms with Crippen LogP contribution in [0.15, 0.2) is 18.2 Å². The van der Waals surface area contributed by atoms with Gasteiger partial charge in [-0.05, 0) is 30.2 Å². The van der Waals surface area contributed by atoms with Crippen molar-refractivity contribution in [3.63, 3.8) is 0 Å². The van der Waals surface area contributed by atoms with Crippen LogP contribution in [-0.4, -0.2) is 6.61 Å². The second-order valence-electron chi connectivity index (χ2n) is 4.72. The second-order valence-corrected chi connectivity index (χ2v) is 4.72. The third-order valence-electron chi connectivity index (χ3n) is 2.73. The molecule has 0 radical (unpaired) electrons. The summed E-state index contributed by atoms with van der Waals surface area (Å²) in [5.74, 6) is 5.02. The Hall–Kier alpha value is -1.07. The summed E-state index contributed by atoms with van der Waals surface area (Å²) in [4.78, 5) is 4.59. The Morgan fingerprint density at radius 2 is 1.82 bits per heavy atom. The lowest BCUT2D eigenvalue weighted by Gasteiger charge is -2.26. The summed E-state index contributed by atoms with van der Waals surface area (Å²) in [6.07, 6.45) is -4.31. The first kappa shape index (κ1) is 14.0. The van der Waals surface area contributed by atoms with E-state index in [9.17, 15) is 13.2 Å². The molecule has 1 aromatic rings. The zero-order valence-electron chi connectivity index (χ0n) is 10.1. The van der Waals surface area contributed by atoms with Gasteiger partial charge < -0.3 is 4.84 Å². The smallest absolute Gasteiger partial charge is 0.304 e. The molecular formula is C12H16F3NO. The highest BCUT2D eigenvalue weighted by Crippen LogP contribution is 2.33. The summed E-state index contributed by atoms with van der Waals surface area (Å²) >= 11 is 0. The van der Waals surface area contributed by atoms with E-state index in [4.69, 9.17) is 5.90 Å². The van der Waals surface area contributed by atoms with Crippen molar-refractivity contribution in [3.05, 3.63) is 34.9 Å². The van der Waals surface area contributed by atoms with Gasteiger partial charge in [-0.2, -0.15) is 13.2 Å². The fraction of sp³-hybridized carbons (Fsp3) is 0.500. The standard InChI is InChI=1S/C12H16F3NO/c1-8-6-9(12(13,14)15)4-5-10(8)11(2,3)7-17-16/h4-6H,7,16H2,1-3H3. The van der Waals surface area contributed by atoms with Crippen LogP contribution in [0.5, 0.6) is 0 Å². The van der Waals surface area contributed by atoms with Crippen LogP contribution in [0.2, 0.25) is 0 Å². The number of aryl methyl sites for hydroxylation is 1. The molecule has 1 rings (SSSR count). The van der Waals surface area contributed by atoms with Crippen LogP contribution in [0.3, 0.4) is 0 Å². The minimum absolute atomic E-state index is 0.249. The molecule has 0 amide bonds. The number of halogens is 3. The lowest BCUT2D eigenvalue weighted by atomic mass is 9.82. The number of alkyl halides is 3. The van der Waals surface area contributed by atoms with Gasteiger partial charge in [-0.25, -0.2) is 5.90 Å². The van der Waals surface area contributed by atoms with Crippen molar-refractivity contribution in [2.45, 2.75) is 32.4 Å². The maximum absolute atomic E-state index is 12.5. The van der Waals surface area contributed by atoms with Gasteiger partial charge in [-0.15, -0.1) is 0 Å². The Morgan fingerprint density at radius 3 is 2.24 bits per heavy atom. The highest BCUT2D eigenvalue weighted by molar-refractivity contribution is 5.37. The van der Waals surface area contributed by atoms with Crippen LogP contribution in [-0.2, 0) is 16.4 Å². The predicted octanol–water partition coefficient (Wildman–Crippen LogP) is 3.18. The van der Waals surface area contributed by atoms with Gasteiger partial charge in [0.05, 0.1) is 12.2 Å². The fourth-order valence-electron chi connectivity index (χ4n) is 1.89. The molecule has 0 aliphatic carbocycles. The fourth-order valence-corrected chi connectivity index (χ4v) is 1.89. The van der Waals surface area contributed by atoms with Crippen molar-refractivity contribution < 1.29 is 18.0 Å². The Labute approximate surface area is 98.5 Å². The SMILES string of the molecule is Cc1cc(C(F)(F)F)ccc1C(C)(C)CON. The summed E-state index contributed by atoms with van der Waals surface area (Å²) in [5.41, 5.74) is 0.337. The number of nitrogens with two attached hydrogens (primary N) is 1. The molecule has 0 saturated heterocycles. The number of hydrogen-bond acceptors (Lipinski definition) is 2. The number of benzene rings is 1. The lowest BCUT2D eigenvalue weighted by Crippen LogP contribution is -2.27. The summed E-state index contributed by atoms with van der Waals surface area (Å²) in [5, 5.41) is 0. The van der Waals surface area contributed by atoms with E-state index in [1.807, 2.05) is 13.8 Å². The third kappa shape index (κ3) is 3.20. The first-order valence-corrected chi connectivity index (χ1v) is 5.18. The Bertz CT molecular complexity index is 399.